The standard InChI is InChI=1S/C31H28Cl2N4O6S/c32-22-10-13-28(26(33)18-22)43-29-7-2-1-6-27(29)35-44(41,42)25-11-8-21(9-12-25)31(40)34-20-30(39)37-16-14-36(15-17-37)23-4-3-5-24(38)19-23/h1-13,18-19,35,38H,14-17,20H2,(H,34,40). The van der Waals surface area contributed by atoms with Crippen molar-refractivity contribution in [2.75, 3.05) is 42.3 Å². The average Bonchev–Trinajstić information content (AvgIpc) is 3.02. The number of piperazine rings is 1. The van der Waals surface area contributed by atoms with E-state index in [0.717, 1.165) is 5.69 Å². The molecule has 0 atom stereocenters. The Hall–Kier alpha value is -4.45. The zero-order chi connectivity index (χ0) is 31.3. The zero-order valence-electron chi connectivity index (χ0n) is 23.2. The minimum absolute atomic E-state index is 0.0749. The summed E-state index contributed by atoms with van der Waals surface area (Å²) in [5.74, 6) is -0.0271. The molecule has 1 heterocycles. The molecule has 1 fully saturated rings. The highest BCUT2D eigenvalue weighted by Crippen LogP contribution is 2.35. The summed E-state index contributed by atoms with van der Waals surface area (Å²) in [7, 11) is -4.05. The van der Waals surface area contributed by atoms with Crippen molar-refractivity contribution in [3.8, 4) is 17.2 Å². The molecule has 228 valence electrons. The third kappa shape index (κ3) is 7.54. The highest BCUT2D eigenvalue weighted by molar-refractivity contribution is 7.92. The van der Waals surface area contributed by atoms with Crippen LogP contribution in [0.5, 0.6) is 17.2 Å². The number of nitrogens with zero attached hydrogens (tertiary/aromatic N) is 2. The predicted molar refractivity (Wildman–Crippen MR) is 169 cm³/mol. The normalized spacial score (nSPS) is 13.3. The summed E-state index contributed by atoms with van der Waals surface area (Å²) < 4.78 is 34.6. The van der Waals surface area contributed by atoms with Gasteiger partial charge in [-0.3, -0.25) is 14.3 Å². The molecule has 0 spiro atoms. The molecule has 4 aromatic rings. The molecule has 0 unspecified atom stereocenters. The SMILES string of the molecule is O=C(NCC(=O)N1CCN(c2cccc(O)c2)CC1)c1ccc(S(=O)(=O)Nc2ccccc2Oc2ccc(Cl)cc2Cl)cc1. The van der Waals surface area contributed by atoms with Crippen molar-refractivity contribution in [1.29, 1.82) is 0 Å². The zero-order valence-corrected chi connectivity index (χ0v) is 25.6. The van der Waals surface area contributed by atoms with Gasteiger partial charge < -0.3 is 25.0 Å². The molecule has 13 heteroatoms. The summed E-state index contributed by atoms with van der Waals surface area (Å²) in [4.78, 5) is 29.1. The molecule has 44 heavy (non-hydrogen) atoms. The van der Waals surface area contributed by atoms with Crippen LogP contribution in [0.3, 0.4) is 0 Å². The van der Waals surface area contributed by atoms with E-state index in [-0.39, 0.29) is 45.1 Å². The Bertz CT molecular complexity index is 1780. The molecule has 10 nitrogen and oxygen atoms in total. The Labute approximate surface area is 264 Å². The van der Waals surface area contributed by atoms with Gasteiger partial charge in [0.2, 0.25) is 5.91 Å². The van der Waals surface area contributed by atoms with Gasteiger partial charge in [-0.25, -0.2) is 8.42 Å². The van der Waals surface area contributed by atoms with Gasteiger partial charge in [-0.05, 0) is 66.7 Å². The Morgan fingerprint density at radius 2 is 1.57 bits per heavy atom. The molecule has 2 amide bonds. The van der Waals surface area contributed by atoms with Crippen LogP contribution in [-0.2, 0) is 14.8 Å². The summed E-state index contributed by atoms with van der Waals surface area (Å²) in [5, 5.41) is 13.0. The number of hydrogen-bond acceptors (Lipinski definition) is 7. The van der Waals surface area contributed by atoms with E-state index in [0.29, 0.717) is 37.0 Å². The molecule has 4 aromatic carbocycles. The van der Waals surface area contributed by atoms with Crippen LogP contribution in [0.25, 0.3) is 0 Å². The maximum Gasteiger partial charge on any atom is 0.262 e. The summed E-state index contributed by atoms with van der Waals surface area (Å²) >= 11 is 12.1. The minimum Gasteiger partial charge on any atom is -0.508 e. The molecular weight excluding hydrogens is 627 g/mol. The number of halogens is 2. The smallest absolute Gasteiger partial charge is 0.262 e. The third-order valence-corrected chi connectivity index (χ3v) is 8.81. The van der Waals surface area contributed by atoms with Crippen LogP contribution < -0.4 is 19.7 Å². The van der Waals surface area contributed by atoms with E-state index in [1.54, 1.807) is 59.5 Å². The van der Waals surface area contributed by atoms with Gasteiger partial charge in [-0.2, -0.15) is 0 Å². The summed E-state index contributed by atoms with van der Waals surface area (Å²) in [6.07, 6.45) is 0. The largest absolute Gasteiger partial charge is 0.508 e. The lowest BCUT2D eigenvalue weighted by Crippen LogP contribution is -2.51. The molecule has 3 N–H and O–H groups in total. The van der Waals surface area contributed by atoms with Crippen LogP contribution >= 0.6 is 23.2 Å². The number of hydrogen-bond donors (Lipinski definition) is 3. The number of carbonyl (C=O) groups is 2. The monoisotopic (exact) mass is 654 g/mol. The van der Waals surface area contributed by atoms with Gasteiger partial charge in [0.05, 0.1) is 22.2 Å². The molecule has 0 aromatic heterocycles. The number of anilines is 2. The molecular formula is C31H28Cl2N4O6S. The van der Waals surface area contributed by atoms with E-state index < -0.39 is 15.9 Å². The fourth-order valence-corrected chi connectivity index (χ4v) is 6.10. The molecule has 1 aliphatic heterocycles. The number of ether oxygens (including phenoxy) is 1. The number of para-hydroxylation sites is 2. The van der Waals surface area contributed by atoms with Gasteiger partial charge in [-0.1, -0.05) is 41.4 Å². The average molecular weight is 656 g/mol. The molecule has 0 radical (unpaired) electrons. The molecule has 0 saturated carbocycles. The maximum absolute atomic E-state index is 13.1. The van der Waals surface area contributed by atoms with E-state index in [2.05, 4.69) is 14.9 Å². The van der Waals surface area contributed by atoms with Gasteiger partial charge in [0.25, 0.3) is 15.9 Å². The van der Waals surface area contributed by atoms with Gasteiger partial charge in [0.1, 0.15) is 11.5 Å². The van der Waals surface area contributed by atoms with E-state index >= 15 is 0 Å². The van der Waals surface area contributed by atoms with Crippen LogP contribution in [0.15, 0.2) is 95.9 Å². The number of phenols is 1. The number of rotatable bonds is 9. The lowest BCUT2D eigenvalue weighted by molar-refractivity contribution is -0.130. The first-order valence-electron chi connectivity index (χ1n) is 13.5. The highest BCUT2D eigenvalue weighted by Gasteiger charge is 2.23. The van der Waals surface area contributed by atoms with Crippen molar-refractivity contribution >= 4 is 56.4 Å². The van der Waals surface area contributed by atoms with Crippen molar-refractivity contribution in [2.24, 2.45) is 0 Å². The predicted octanol–water partition coefficient (Wildman–Crippen LogP) is 5.37. The second-order valence-electron chi connectivity index (χ2n) is 9.87. The highest BCUT2D eigenvalue weighted by atomic mass is 35.5. The van der Waals surface area contributed by atoms with Gasteiger partial charge >= 0.3 is 0 Å². The van der Waals surface area contributed by atoms with E-state index in [1.807, 2.05) is 6.07 Å². The van der Waals surface area contributed by atoms with Crippen molar-refractivity contribution in [3.63, 3.8) is 0 Å². The van der Waals surface area contributed by atoms with Gasteiger partial charge in [0, 0.05) is 48.5 Å². The van der Waals surface area contributed by atoms with Crippen molar-refractivity contribution in [1.82, 2.24) is 10.2 Å². The molecule has 1 saturated heterocycles. The number of amides is 2. The number of sulfonamides is 1. The van der Waals surface area contributed by atoms with Crippen LogP contribution in [-0.4, -0.2) is 63.0 Å². The number of nitrogens with one attached hydrogen (secondary N) is 2. The van der Waals surface area contributed by atoms with E-state index in [1.165, 1.54) is 30.3 Å². The first-order chi connectivity index (χ1) is 21.1. The van der Waals surface area contributed by atoms with Gasteiger partial charge in [0.15, 0.2) is 5.75 Å². The van der Waals surface area contributed by atoms with Crippen LogP contribution in [0.1, 0.15) is 10.4 Å². The lowest BCUT2D eigenvalue weighted by Gasteiger charge is -2.36. The Morgan fingerprint density at radius 1 is 0.841 bits per heavy atom. The quantitative estimate of drug-likeness (QED) is 0.221. The minimum atomic E-state index is -4.05. The van der Waals surface area contributed by atoms with E-state index in [9.17, 15) is 23.1 Å². The Kier molecular flexibility index (Phi) is 9.48. The maximum atomic E-state index is 13.1. The first kappa shape index (κ1) is 31.0. The summed E-state index contributed by atoms with van der Waals surface area (Å²) in [6.45, 7) is 1.95. The Balaban J connectivity index is 1.16. The van der Waals surface area contributed by atoms with Crippen LogP contribution in [0.4, 0.5) is 11.4 Å². The van der Waals surface area contributed by atoms with Crippen LogP contribution in [0.2, 0.25) is 10.0 Å². The third-order valence-electron chi connectivity index (χ3n) is 6.90. The first-order valence-corrected chi connectivity index (χ1v) is 15.8. The second-order valence-corrected chi connectivity index (χ2v) is 12.4. The number of aromatic hydroxyl groups is 1. The molecule has 0 aliphatic carbocycles. The fourth-order valence-electron chi connectivity index (χ4n) is 4.58. The molecule has 5 rings (SSSR count). The van der Waals surface area contributed by atoms with Crippen LogP contribution in [0, 0.1) is 0 Å². The topological polar surface area (TPSA) is 128 Å². The second kappa shape index (κ2) is 13.5. The van der Waals surface area contributed by atoms with Crippen molar-refractivity contribution in [3.05, 3.63) is 107 Å². The summed E-state index contributed by atoms with van der Waals surface area (Å²) in [5.41, 5.74) is 1.26. The Morgan fingerprint density at radius 3 is 2.27 bits per heavy atom. The molecule has 0 bridgehead atoms. The number of phenolic OH excluding ortho intramolecular Hbond substituents is 1. The lowest BCUT2D eigenvalue weighted by atomic mass is 10.2. The van der Waals surface area contributed by atoms with Crippen molar-refractivity contribution < 1.29 is 27.9 Å². The summed E-state index contributed by atoms with van der Waals surface area (Å²) in [6, 6.07) is 23.5. The van der Waals surface area contributed by atoms with Crippen molar-refractivity contribution in [2.45, 2.75) is 4.90 Å². The number of carbonyl (C=O) groups excluding carboxylic acids is 2. The molecule has 1 aliphatic rings. The number of benzene rings is 4. The van der Waals surface area contributed by atoms with Gasteiger partial charge in [-0.15, -0.1) is 0 Å². The van der Waals surface area contributed by atoms with E-state index in [4.69, 9.17) is 27.9 Å². The fraction of sp³-hybridized carbons (Fsp3) is 0.161.